The molecule has 0 saturated heterocycles. The first-order valence-electron chi connectivity index (χ1n) is 12.0. The number of halogens is 1. The summed E-state index contributed by atoms with van der Waals surface area (Å²) in [5, 5.41) is 0. The van der Waals surface area contributed by atoms with Crippen LogP contribution < -0.4 is 24.4 Å². The molecule has 0 saturated carbocycles. The van der Waals surface area contributed by atoms with E-state index in [2.05, 4.69) is 0 Å². The zero-order chi connectivity index (χ0) is 26.2. The number of nitrogens with zero attached hydrogens (tertiary/aromatic N) is 2. The van der Waals surface area contributed by atoms with Crippen LogP contribution in [0.15, 0.2) is 88.2 Å². The maximum atomic E-state index is 13.8. The fourth-order valence-electron chi connectivity index (χ4n) is 4.55. The summed E-state index contributed by atoms with van der Waals surface area (Å²) < 4.78 is 31.9. The number of aromatic nitrogens is 1. The number of carbonyl (C=O) groups is 1. The van der Waals surface area contributed by atoms with Gasteiger partial charge in [-0.15, -0.1) is 0 Å². The predicted octanol–water partition coefficient (Wildman–Crippen LogP) is 3.80. The molecule has 0 radical (unpaired) electrons. The van der Waals surface area contributed by atoms with Gasteiger partial charge in [0.25, 0.3) is 5.56 Å². The van der Waals surface area contributed by atoms with Crippen LogP contribution in [-0.2, 0) is 9.53 Å². The Morgan fingerprint density at radius 1 is 1.11 bits per heavy atom. The standard InChI is InChI=1S/C29H21FN2O5S/c1-2-35-28(34)24-25(18-6-4-3-5-7-18)31-29-32(26(24)19-10-13-21-22(15-19)37-16-36-21)27(33)23(38-29)14-17-8-11-20(30)12-9-17/h3-15,26H,2,16H2,1H3/b23-14+. The number of benzene rings is 3. The van der Waals surface area contributed by atoms with Gasteiger partial charge in [-0.25, -0.2) is 14.2 Å². The van der Waals surface area contributed by atoms with E-state index >= 15 is 0 Å². The van der Waals surface area contributed by atoms with Crippen molar-refractivity contribution in [3.8, 4) is 11.5 Å². The van der Waals surface area contributed by atoms with Crippen molar-refractivity contribution in [1.29, 1.82) is 0 Å². The highest BCUT2D eigenvalue weighted by Gasteiger charge is 2.36. The molecule has 1 aromatic heterocycles. The van der Waals surface area contributed by atoms with Crippen LogP contribution in [0.1, 0.15) is 29.7 Å². The molecule has 4 aromatic rings. The summed E-state index contributed by atoms with van der Waals surface area (Å²) in [6, 6.07) is 19.7. The first-order valence-corrected chi connectivity index (χ1v) is 12.8. The lowest BCUT2D eigenvalue weighted by molar-refractivity contribution is -0.138. The molecule has 6 rings (SSSR count). The molecular weight excluding hydrogens is 507 g/mol. The molecule has 190 valence electrons. The van der Waals surface area contributed by atoms with Gasteiger partial charge in [-0.3, -0.25) is 9.36 Å². The van der Waals surface area contributed by atoms with Gasteiger partial charge in [0.1, 0.15) is 5.82 Å². The van der Waals surface area contributed by atoms with Crippen molar-refractivity contribution < 1.29 is 23.4 Å². The van der Waals surface area contributed by atoms with Gasteiger partial charge >= 0.3 is 5.97 Å². The molecule has 0 bridgehead atoms. The average molecular weight is 529 g/mol. The summed E-state index contributed by atoms with van der Waals surface area (Å²) in [4.78, 5) is 32.6. The van der Waals surface area contributed by atoms with E-state index in [9.17, 15) is 14.0 Å². The Labute approximate surface area is 220 Å². The van der Waals surface area contributed by atoms with E-state index in [-0.39, 0.29) is 30.3 Å². The zero-order valence-electron chi connectivity index (χ0n) is 20.2. The molecule has 0 aliphatic carbocycles. The lowest BCUT2D eigenvalue weighted by Gasteiger charge is -2.26. The number of thiazole rings is 1. The van der Waals surface area contributed by atoms with E-state index in [1.807, 2.05) is 36.4 Å². The smallest absolute Gasteiger partial charge is 0.338 e. The van der Waals surface area contributed by atoms with E-state index in [1.165, 1.54) is 28.0 Å². The van der Waals surface area contributed by atoms with Crippen LogP contribution in [0.25, 0.3) is 11.8 Å². The second-order valence-corrected chi connectivity index (χ2v) is 9.60. The molecule has 0 N–H and O–H groups in total. The zero-order valence-corrected chi connectivity index (χ0v) is 21.0. The predicted molar refractivity (Wildman–Crippen MR) is 140 cm³/mol. The molecule has 7 nitrogen and oxygen atoms in total. The maximum Gasteiger partial charge on any atom is 0.338 e. The average Bonchev–Trinajstić information content (AvgIpc) is 3.53. The van der Waals surface area contributed by atoms with Gasteiger partial charge < -0.3 is 14.2 Å². The highest BCUT2D eigenvalue weighted by molar-refractivity contribution is 7.07. The SMILES string of the molecule is CCOC(=O)C1=C(c2ccccc2)N=c2s/c(=C/c3ccc(F)cc3)c(=O)n2C1c1ccc2c(c1)OCO2. The third kappa shape index (κ3) is 4.20. The lowest BCUT2D eigenvalue weighted by Crippen LogP contribution is -2.40. The minimum absolute atomic E-state index is 0.0923. The van der Waals surface area contributed by atoms with Crippen LogP contribution in [0, 0.1) is 5.82 Å². The second kappa shape index (κ2) is 9.75. The van der Waals surface area contributed by atoms with Crippen LogP contribution in [0.4, 0.5) is 4.39 Å². The largest absolute Gasteiger partial charge is 0.463 e. The van der Waals surface area contributed by atoms with Crippen molar-refractivity contribution >= 4 is 29.1 Å². The Bertz CT molecular complexity index is 1760. The van der Waals surface area contributed by atoms with Crippen molar-refractivity contribution in [1.82, 2.24) is 4.57 Å². The van der Waals surface area contributed by atoms with Crippen molar-refractivity contribution in [3.05, 3.63) is 121 Å². The molecule has 2 aliphatic rings. The Morgan fingerprint density at radius 3 is 2.63 bits per heavy atom. The van der Waals surface area contributed by atoms with Crippen LogP contribution in [0.3, 0.4) is 0 Å². The van der Waals surface area contributed by atoms with Gasteiger partial charge in [-0.2, -0.15) is 0 Å². The minimum atomic E-state index is -0.828. The van der Waals surface area contributed by atoms with Gasteiger partial charge in [0, 0.05) is 5.56 Å². The van der Waals surface area contributed by atoms with Gasteiger partial charge in [0.2, 0.25) is 6.79 Å². The third-order valence-electron chi connectivity index (χ3n) is 6.25. The first kappa shape index (κ1) is 23.9. The van der Waals surface area contributed by atoms with E-state index in [0.29, 0.717) is 37.7 Å². The highest BCUT2D eigenvalue weighted by atomic mass is 32.1. The third-order valence-corrected chi connectivity index (χ3v) is 7.24. The molecular formula is C29H21FN2O5S. The summed E-state index contributed by atoms with van der Waals surface area (Å²) in [5.41, 5.74) is 2.39. The highest BCUT2D eigenvalue weighted by Crippen LogP contribution is 2.40. The number of ether oxygens (including phenoxy) is 3. The van der Waals surface area contributed by atoms with Crippen LogP contribution >= 0.6 is 11.3 Å². The Morgan fingerprint density at radius 2 is 1.87 bits per heavy atom. The number of hydrogen-bond donors (Lipinski definition) is 0. The second-order valence-electron chi connectivity index (χ2n) is 8.60. The summed E-state index contributed by atoms with van der Waals surface area (Å²) in [6.07, 6.45) is 1.69. The number of hydrogen-bond acceptors (Lipinski definition) is 7. The number of rotatable bonds is 5. The summed E-state index contributed by atoms with van der Waals surface area (Å²) in [6.45, 7) is 1.98. The molecule has 1 atom stereocenters. The van der Waals surface area contributed by atoms with Crippen molar-refractivity contribution in [2.45, 2.75) is 13.0 Å². The van der Waals surface area contributed by atoms with Gasteiger partial charge in [0.15, 0.2) is 16.3 Å². The van der Waals surface area contributed by atoms with E-state index in [4.69, 9.17) is 19.2 Å². The van der Waals surface area contributed by atoms with Gasteiger partial charge in [0.05, 0.1) is 28.5 Å². The van der Waals surface area contributed by atoms with Crippen LogP contribution in [-0.4, -0.2) is 23.9 Å². The van der Waals surface area contributed by atoms with E-state index in [1.54, 1.807) is 37.3 Å². The lowest BCUT2D eigenvalue weighted by atomic mass is 9.93. The fraction of sp³-hybridized carbons (Fsp3) is 0.138. The topological polar surface area (TPSA) is 79.1 Å². The van der Waals surface area contributed by atoms with Crippen molar-refractivity contribution in [2.24, 2.45) is 4.99 Å². The molecule has 1 unspecified atom stereocenters. The quantitative estimate of drug-likeness (QED) is 0.368. The Kier molecular flexibility index (Phi) is 6.13. The summed E-state index contributed by atoms with van der Waals surface area (Å²) >= 11 is 1.20. The summed E-state index contributed by atoms with van der Waals surface area (Å²) in [5.74, 6) is 0.184. The molecule has 38 heavy (non-hydrogen) atoms. The number of fused-ring (bicyclic) bond motifs is 2. The molecule has 3 heterocycles. The van der Waals surface area contributed by atoms with E-state index < -0.39 is 12.0 Å². The Hall–Kier alpha value is -4.50. The fourth-order valence-corrected chi connectivity index (χ4v) is 5.55. The van der Waals surface area contributed by atoms with Gasteiger partial charge in [-0.05, 0) is 48.4 Å². The van der Waals surface area contributed by atoms with Crippen LogP contribution in [0.5, 0.6) is 11.5 Å². The van der Waals surface area contributed by atoms with Gasteiger partial charge in [-0.1, -0.05) is 59.9 Å². The van der Waals surface area contributed by atoms with Crippen molar-refractivity contribution in [2.75, 3.05) is 13.4 Å². The normalized spacial score (nSPS) is 16.3. The molecule has 0 amide bonds. The van der Waals surface area contributed by atoms with E-state index in [0.717, 1.165) is 5.56 Å². The monoisotopic (exact) mass is 528 g/mol. The first-order chi connectivity index (χ1) is 18.5. The maximum absolute atomic E-state index is 13.8. The number of esters is 1. The van der Waals surface area contributed by atoms with Crippen molar-refractivity contribution in [3.63, 3.8) is 0 Å². The molecule has 0 fully saturated rings. The van der Waals surface area contributed by atoms with Crippen LogP contribution in [0.2, 0.25) is 0 Å². The molecule has 2 aliphatic heterocycles. The Balaban J connectivity index is 1.64. The number of carbonyl (C=O) groups excluding carboxylic acids is 1. The molecule has 9 heteroatoms. The molecule has 0 spiro atoms. The summed E-state index contributed by atoms with van der Waals surface area (Å²) in [7, 11) is 0. The molecule has 3 aromatic carbocycles. The minimum Gasteiger partial charge on any atom is -0.463 e.